The van der Waals surface area contributed by atoms with Crippen LogP contribution in [0.2, 0.25) is 0 Å². The molecule has 22 heavy (non-hydrogen) atoms. The van der Waals surface area contributed by atoms with Gasteiger partial charge in [-0.15, -0.1) is 0 Å². The minimum atomic E-state index is 0.696. The second kappa shape index (κ2) is 7.69. The molecule has 4 nitrogen and oxygen atoms in total. The molecule has 0 bridgehead atoms. The number of aryl methyl sites for hydroxylation is 2. The van der Waals surface area contributed by atoms with Crippen molar-refractivity contribution in [1.29, 1.82) is 0 Å². The van der Waals surface area contributed by atoms with Gasteiger partial charge < -0.3 is 14.8 Å². The second-order valence-electron chi connectivity index (χ2n) is 5.63. The Morgan fingerprint density at radius 3 is 2.73 bits per heavy atom. The van der Waals surface area contributed by atoms with Crippen LogP contribution in [0, 0.1) is 6.92 Å². The van der Waals surface area contributed by atoms with Crippen LogP contribution < -0.4 is 5.32 Å². The quantitative estimate of drug-likeness (QED) is 0.680. The molecule has 4 heteroatoms. The molecule has 1 aromatic heterocycles. The molecule has 0 amide bonds. The Hall–Kier alpha value is -2.23. The van der Waals surface area contributed by atoms with Crippen LogP contribution in [0.1, 0.15) is 23.7 Å². The number of hydrogen-bond donors (Lipinski definition) is 1. The lowest BCUT2D eigenvalue weighted by atomic mass is 10.1. The summed E-state index contributed by atoms with van der Waals surface area (Å²) in [7, 11) is 4.14. The molecule has 0 saturated heterocycles. The van der Waals surface area contributed by atoms with E-state index in [4.69, 9.17) is 4.99 Å². The van der Waals surface area contributed by atoms with Gasteiger partial charge in [-0.1, -0.05) is 29.8 Å². The number of aliphatic imine (C=N–C) groups is 1. The fourth-order valence-electron chi connectivity index (χ4n) is 2.42. The van der Waals surface area contributed by atoms with Gasteiger partial charge in [-0.3, -0.25) is 0 Å². The SMILES string of the molecule is CCNC(=NCc1cccc(C)c1)N(C)Cc1cccn1C. The minimum Gasteiger partial charge on any atom is -0.357 e. The molecule has 0 radical (unpaired) electrons. The van der Waals surface area contributed by atoms with Crippen molar-refractivity contribution in [2.45, 2.75) is 26.9 Å². The summed E-state index contributed by atoms with van der Waals surface area (Å²) in [5.74, 6) is 0.935. The number of nitrogens with one attached hydrogen (secondary N) is 1. The first-order valence-corrected chi connectivity index (χ1v) is 7.75. The lowest BCUT2D eigenvalue weighted by Gasteiger charge is -2.22. The highest BCUT2D eigenvalue weighted by molar-refractivity contribution is 5.79. The molecule has 0 aliphatic heterocycles. The zero-order valence-corrected chi connectivity index (χ0v) is 14.0. The van der Waals surface area contributed by atoms with Gasteiger partial charge in [0.2, 0.25) is 0 Å². The summed E-state index contributed by atoms with van der Waals surface area (Å²) >= 11 is 0. The molecule has 0 spiro atoms. The molecular weight excluding hydrogens is 272 g/mol. The molecule has 0 aliphatic rings. The van der Waals surface area contributed by atoms with Gasteiger partial charge in [-0.25, -0.2) is 4.99 Å². The Morgan fingerprint density at radius 2 is 2.09 bits per heavy atom. The van der Waals surface area contributed by atoms with Gasteiger partial charge in [0.25, 0.3) is 0 Å². The summed E-state index contributed by atoms with van der Waals surface area (Å²) in [6, 6.07) is 12.7. The van der Waals surface area contributed by atoms with Gasteiger partial charge in [0.15, 0.2) is 5.96 Å². The van der Waals surface area contributed by atoms with E-state index in [1.807, 2.05) is 0 Å². The Morgan fingerprint density at radius 1 is 1.27 bits per heavy atom. The molecule has 2 rings (SSSR count). The predicted octanol–water partition coefficient (Wildman–Crippen LogP) is 2.93. The van der Waals surface area contributed by atoms with Crippen LogP contribution in [-0.4, -0.2) is 29.0 Å². The van der Waals surface area contributed by atoms with Crippen LogP contribution in [0.3, 0.4) is 0 Å². The summed E-state index contributed by atoms with van der Waals surface area (Å²) in [6.45, 7) is 6.60. The van der Waals surface area contributed by atoms with Crippen molar-refractivity contribution in [3.63, 3.8) is 0 Å². The summed E-state index contributed by atoms with van der Waals surface area (Å²) in [6.07, 6.45) is 2.07. The molecule has 0 aliphatic carbocycles. The first-order valence-electron chi connectivity index (χ1n) is 7.75. The highest BCUT2D eigenvalue weighted by atomic mass is 15.3. The number of benzene rings is 1. The van der Waals surface area contributed by atoms with E-state index in [1.165, 1.54) is 16.8 Å². The third-order valence-corrected chi connectivity index (χ3v) is 3.64. The maximum Gasteiger partial charge on any atom is 0.194 e. The van der Waals surface area contributed by atoms with Gasteiger partial charge in [0, 0.05) is 32.5 Å². The first kappa shape index (κ1) is 16.1. The Balaban J connectivity index is 2.07. The minimum absolute atomic E-state index is 0.696. The van der Waals surface area contributed by atoms with Crippen LogP contribution in [-0.2, 0) is 20.1 Å². The topological polar surface area (TPSA) is 32.6 Å². The van der Waals surface area contributed by atoms with E-state index in [0.29, 0.717) is 6.54 Å². The van der Waals surface area contributed by atoms with Gasteiger partial charge in [0.1, 0.15) is 0 Å². The van der Waals surface area contributed by atoms with E-state index in [9.17, 15) is 0 Å². The van der Waals surface area contributed by atoms with Crippen LogP contribution in [0.4, 0.5) is 0 Å². The number of rotatable bonds is 5. The Labute approximate surface area is 133 Å². The highest BCUT2D eigenvalue weighted by Gasteiger charge is 2.08. The Bertz CT molecular complexity index is 628. The molecule has 1 aromatic carbocycles. The summed E-state index contributed by atoms with van der Waals surface area (Å²) in [5.41, 5.74) is 3.78. The van der Waals surface area contributed by atoms with E-state index in [1.54, 1.807) is 0 Å². The van der Waals surface area contributed by atoms with Crippen molar-refractivity contribution in [2.75, 3.05) is 13.6 Å². The van der Waals surface area contributed by atoms with Crippen molar-refractivity contribution in [3.05, 3.63) is 59.4 Å². The average Bonchev–Trinajstić information content (AvgIpc) is 2.88. The van der Waals surface area contributed by atoms with Gasteiger partial charge in [-0.05, 0) is 31.5 Å². The van der Waals surface area contributed by atoms with E-state index < -0.39 is 0 Å². The van der Waals surface area contributed by atoms with E-state index in [0.717, 1.165) is 19.0 Å². The maximum absolute atomic E-state index is 4.76. The molecule has 1 N–H and O–H groups in total. The number of guanidine groups is 1. The summed E-state index contributed by atoms with van der Waals surface area (Å²) in [5, 5.41) is 3.37. The largest absolute Gasteiger partial charge is 0.357 e. The molecule has 2 aromatic rings. The molecular formula is C18H26N4. The molecule has 1 heterocycles. The molecule has 0 fully saturated rings. The smallest absolute Gasteiger partial charge is 0.194 e. The van der Waals surface area contributed by atoms with Crippen molar-refractivity contribution < 1.29 is 0 Å². The Kier molecular flexibility index (Phi) is 5.64. The third kappa shape index (κ3) is 4.38. The first-order chi connectivity index (χ1) is 10.6. The number of hydrogen-bond acceptors (Lipinski definition) is 1. The second-order valence-corrected chi connectivity index (χ2v) is 5.63. The van der Waals surface area contributed by atoms with Gasteiger partial charge in [0.05, 0.1) is 13.1 Å². The molecule has 118 valence electrons. The highest BCUT2D eigenvalue weighted by Crippen LogP contribution is 2.07. The zero-order valence-electron chi connectivity index (χ0n) is 14.0. The van der Waals surface area contributed by atoms with E-state index >= 15 is 0 Å². The predicted molar refractivity (Wildman–Crippen MR) is 92.9 cm³/mol. The maximum atomic E-state index is 4.76. The van der Waals surface area contributed by atoms with Gasteiger partial charge >= 0.3 is 0 Å². The van der Waals surface area contributed by atoms with Crippen molar-refractivity contribution in [2.24, 2.45) is 12.0 Å². The fraction of sp³-hybridized carbons (Fsp3) is 0.389. The third-order valence-electron chi connectivity index (χ3n) is 3.64. The summed E-state index contributed by atoms with van der Waals surface area (Å²) < 4.78 is 2.14. The van der Waals surface area contributed by atoms with Crippen LogP contribution in [0.15, 0.2) is 47.6 Å². The molecule has 0 atom stereocenters. The van der Waals surface area contributed by atoms with Crippen molar-refractivity contribution in [3.8, 4) is 0 Å². The fourth-order valence-corrected chi connectivity index (χ4v) is 2.42. The van der Waals surface area contributed by atoms with Crippen molar-refractivity contribution >= 4 is 5.96 Å². The lowest BCUT2D eigenvalue weighted by Crippen LogP contribution is -2.38. The van der Waals surface area contributed by atoms with Gasteiger partial charge in [-0.2, -0.15) is 0 Å². The van der Waals surface area contributed by atoms with Crippen LogP contribution in [0.25, 0.3) is 0 Å². The lowest BCUT2D eigenvalue weighted by molar-refractivity contribution is 0.462. The normalized spacial score (nSPS) is 11.5. The van der Waals surface area contributed by atoms with Crippen LogP contribution >= 0.6 is 0 Å². The number of nitrogens with zero attached hydrogens (tertiary/aromatic N) is 3. The van der Waals surface area contributed by atoms with Crippen molar-refractivity contribution in [1.82, 2.24) is 14.8 Å². The molecule has 0 saturated carbocycles. The summed E-state index contributed by atoms with van der Waals surface area (Å²) in [4.78, 5) is 6.92. The standard InChI is InChI=1S/C18H26N4/c1-5-19-18(20-13-16-9-6-8-15(2)12-16)22(4)14-17-10-7-11-21(17)3/h6-12H,5,13-14H2,1-4H3,(H,19,20). The monoisotopic (exact) mass is 298 g/mol. The average molecular weight is 298 g/mol. The van der Waals surface area contributed by atoms with E-state index in [2.05, 4.69) is 85.3 Å². The number of aromatic nitrogens is 1. The molecule has 0 unspecified atom stereocenters. The van der Waals surface area contributed by atoms with E-state index in [-0.39, 0.29) is 0 Å². The van der Waals surface area contributed by atoms with Crippen LogP contribution in [0.5, 0.6) is 0 Å². The zero-order chi connectivity index (χ0) is 15.9.